The minimum atomic E-state index is -1.11. The maximum atomic E-state index is 13.4. The molecule has 6 fully saturated rings. The maximum absolute atomic E-state index is 13.4. The van der Waals surface area contributed by atoms with Crippen molar-refractivity contribution in [1.29, 1.82) is 0 Å². The lowest BCUT2D eigenvalue weighted by atomic mass is 9.47. The van der Waals surface area contributed by atoms with E-state index in [9.17, 15) is 14.4 Å². The van der Waals surface area contributed by atoms with Crippen LogP contribution in [0.25, 0.3) is 0 Å². The van der Waals surface area contributed by atoms with Gasteiger partial charge in [0.25, 0.3) is 0 Å². The van der Waals surface area contributed by atoms with Crippen molar-refractivity contribution in [1.82, 2.24) is 0 Å². The molecule has 4 aliphatic heterocycles. The van der Waals surface area contributed by atoms with Crippen molar-refractivity contribution in [3.63, 3.8) is 0 Å². The number of rotatable bonds is 2. The van der Waals surface area contributed by atoms with Crippen molar-refractivity contribution in [2.24, 2.45) is 28.1 Å². The Balaban J connectivity index is 1.64. The Morgan fingerprint density at radius 3 is 2.58 bits per heavy atom. The Morgan fingerprint density at radius 1 is 1.15 bits per heavy atom. The van der Waals surface area contributed by atoms with E-state index in [-0.39, 0.29) is 47.7 Å². The first-order chi connectivity index (χ1) is 12.2. The molecule has 2 aliphatic carbocycles. The summed E-state index contributed by atoms with van der Waals surface area (Å²) in [7, 11) is 0. The van der Waals surface area contributed by atoms with Crippen LogP contribution in [-0.2, 0) is 33.3 Å². The van der Waals surface area contributed by atoms with Crippen LogP contribution < -0.4 is 0 Å². The number of hydrogen-bond donors (Lipinski definition) is 0. The summed E-state index contributed by atoms with van der Waals surface area (Å²) < 4.78 is 23.6. The van der Waals surface area contributed by atoms with Crippen LogP contribution in [0.1, 0.15) is 40.5 Å². The normalized spacial score (nSPS) is 58.8. The highest BCUT2D eigenvalue weighted by Gasteiger charge is 3.02. The zero-order valence-corrected chi connectivity index (χ0v) is 15.2. The summed E-state index contributed by atoms with van der Waals surface area (Å²) in [6.45, 7) is 7.81. The Kier molecular flexibility index (Phi) is 2.26. The van der Waals surface area contributed by atoms with Crippen molar-refractivity contribution >= 4 is 17.9 Å². The first-order valence-electron chi connectivity index (χ1n) is 9.48. The maximum Gasteiger partial charge on any atom is 0.317 e. The van der Waals surface area contributed by atoms with Gasteiger partial charge in [-0.2, -0.15) is 0 Å². The van der Waals surface area contributed by atoms with Crippen molar-refractivity contribution in [2.75, 3.05) is 0 Å². The molecule has 6 aliphatic rings. The average molecular weight is 362 g/mol. The van der Waals surface area contributed by atoms with Crippen LogP contribution in [0.2, 0.25) is 0 Å². The van der Waals surface area contributed by atoms with Crippen LogP contribution in [0.5, 0.6) is 0 Å². The van der Waals surface area contributed by atoms with Gasteiger partial charge in [-0.05, 0) is 24.7 Å². The van der Waals surface area contributed by atoms with E-state index in [1.807, 2.05) is 6.92 Å². The fourth-order valence-electron chi connectivity index (χ4n) is 8.23. The van der Waals surface area contributed by atoms with E-state index in [0.29, 0.717) is 6.42 Å². The molecule has 9 unspecified atom stereocenters. The number of ether oxygens (including phenoxy) is 4. The minimum Gasteiger partial charge on any atom is -0.461 e. The number of carbonyl (C=O) groups excluding carboxylic acids is 3. The zero-order chi connectivity index (χ0) is 18.4. The molecular weight excluding hydrogens is 340 g/mol. The van der Waals surface area contributed by atoms with Crippen molar-refractivity contribution in [3.05, 3.63) is 0 Å². The van der Waals surface area contributed by atoms with E-state index >= 15 is 0 Å². The molecule has 4 bridgehead atoms. The summed E-state index contributed by atoms with van der Waals surface area (Å²) in [4.78, 5) is 38.7. The fraction of sp³-hybridized carbons (Fsp3) is 0.842. The summed E-state index contributed by atoms with van der Waals surface area (Å²) in [5, 5.41) is 0. The molecule has 140 valence electrons. The van der Waals surface area contributed by atoms with Gasteiger partial charge in [0.1, 0.15) is 28.6 Å². The minimum absolute atomic E-state index is 0.0493. The van der Waals surface area contributed by atoms with E-state index in [1.165, 1.54) is 0 Å². The van der Waals surface area contributed by atoms with Crippen LogP contribution in [0, 0.1) is 28.1 Å². The molecule has 0 amide bonds. The third-order valence-electron chi connectivity index (χ3n) is 8.66. The molecule has 4 heterocycles. The van der Waals surface area contributed by atoms with Gasteiger partial charge >= 0.3 is 17.9 Å². The number of carbonyl (C=O) groups is 3. The quantitative estimate of drug-likeness (QED) is 0.534. The Hall–Kier alpha value is -1.63. The Labute approximate surface area is 150 Å². The van der Waals surface area contributed by atoms with Gasteiger partial charge < -0.3 is 18.9 Å². The summed E-state index contributed by atoms with van der Waals surface area (Å²) in [6, 6.07) is 0. The van der Waals surface area contributed by atoms with E-state index in [1.54, 1.807) is 6.92 Å². The standard InChI is InChI=1S/C19H22O7/c1-5-9(20)24-10-12-17(4)19(15(22)25-12)8-6-7-11(16(8,2)3)18(19,13(10)26-17)14(21)23-7/h7-8,10-13H,5-6H2,1-4H3. The molecule has 6 rings (SSSR count). The first-order valence-corrected chi connectivity index (χ1v) is 9.48. The molecule has 9 atom stereocenters. The molecule has 0 aromatic heterocycles. The summed E-state index contributed by atoms with van der Waals surface area (Å²) in [5.74, 6) is -1.31. The van der Waals surface area contributed by atoms with Gasteiger partial charge in [-0.3, -0.25) is 14.4 Å². The topological polar surface area (TPSA) is 88.1 Å². The Morgan fingerprint density at radius 2 is 1.88 bits per heavy atom. The third-order valence-corrected chi connectivity index (χ3v) is 8.66. The van der Waals surface area contributed by atoms with Gasteiger partial charge in [0.15, 0.2) is 12.2 Å². The van der Waals surface area contributed by atoms with Crippen molar-refractivity contribution < 1.29 is 33.3 Å². The Bertz CT molecular complexity index is 804. The molecular formula is C19H22O7. The lowest BCUT2D eigenvalue weighted by Gasteiger charge is -2.46. The zero-order valence-electron chi connectivity index (χ0n) is 15.2. The molecule has 7 heteroatoms. The van der Waals surface area contributed by atoms with E-state index < -0.39 is 34.7 Å². The fourth-order valence-corrected chi connectivity index (χ4v) is 8.23. The van der Waals surface area contributed by atoms with Gasteiger partial charge in [-0.15, -0.1) is 0 Å². The molecule has 26 heavy (non-hydrogen) atoms. The lowest BCUT2D eigenvalue weighted by molar-refractivity contribution is -0.168. The van der Waals surface area contributed by atoms with E-state index in [4.69, 9.17) is 18.9 Å². The second-order valence-corrected chi connectivity index (χ2v) is 9.49. The van der Waals surface area contributed by atoms with Crippen molar-refractivity contribution in [3.8, 4) is 0 Å². The second kappa shape index (κ2) is 3.81. The molecule has 4 saturated heterocycles. The van der Waals surface area contributed by atoms with E-state index in [0.717, 1.165) is 0 Å². The molecule has 0 aromatic carbocycles. The summed E-state index contributed by atoms with van der Waals surface area (Å²) in [5.41, 5.74) is -3.37. The van der Waals surface area contributed by atoms with Gasteiger partial charge in [0.05, 0.1) is 0 Å². The highest BCUT2D eigenvalue weighted by molar-refractivity contribution is 5.98. The second-order valence-electron chi connectivity index (χ2n) is 9.49. The smallest absolute Gasteiger partial charge is 0.317 e. The van der Waals surface area contributed by atoms with Crippen LogP contribution in [0.3, 0.4) is 0 Å². The van der Waals surface area contributed by atoms with Gasteiger partial charge in [0.2, 0.25) is 0 Å². The predicted octanol–water partition coefficient (Wildman–Crippen LogP) is 0.979. The molecule has 0 aromatic rings. The molecule has 2 saturated carbocycles. The molecule has 2 spiro atoms. The van der Waals surface area contributed by atoms with Crippen LogP contribution in [0.4, 0.5) is 0 Å². The number of esters is 3. The highest BCUT2D eigenvalue weighted by Crippen LogP contribution is 2.88. The first kappa shape index (κ1) is 15.4. The van der Waals surface area contributed by atoms with Crippen molar-refractivity contribution in [2.45, 2.75) is 70.6 Å². The number of fused-ring (bicyclic) bond motifs is 2. The summed E-state index contributed by atoms with van der Waals surface area (Å²) >= 11 is 0. The third kappa shape index (κ3) is 1.03. The van der Waals surface area contributed by atoms with Gasteiger partial charge in [-0.1, -0.05) is 20.8 Å². The van der Waals surface area contributed by atoms with Gasteiger partial charge in [-0.25, -0.2) is 0 Å². The van der Waals surface area contributed by atoms with E-state index in [2.05, 4.69) is 13.8 Å². The van der Waals surface area contributed by atoms with Crippen LogP contribution in [-0.4, -0.2) is 47.9 Å². The highest BCUT2D eigenvalue weighted by atomic mass is 16.7. The largest absolute Gasteiger partial charge is 0.461 e. The number of hydrogen-bond acceptors (Lipinski definition) is 7. The van der Waals surface area contributed by atoms with Gasteiger partial charge in [0, 0.05) is 12.3 Å². The SMILES string of the molecule is CCC(=O)OC1C2OC(=O)C34C5CC6OC(=O)C3(C1OC24C)C6C5(C)C. The molecule has 0 radical (unpaired) electrons. The predicted molar refractivity (Wildman–Crippen MR) is 83.5 cm³/mol. The molecule has 0 N–H and O–H groups in total. The molecule has 7 nitrogen and oxygen atoms in total. The average Bonchev–Trinajstić information content (AvgIpc) is 3.24. The van der Waals surface area contributed by atoms with Crippen LogP contribution >= 0.6 is 0 Å². The van der Waals surface area contributed by atoms with Crippen LogP contribution in [0.15, 0.2) is 0 Å². The summed E-state index contributed by atoms with van der Waals surface area (Å²) in [6.07, 6.45) is -1.43. The monoisotopic (exact) mass is 362 g/mol. The lowest BCUT2D eigenvalue weighted by Crippen LogP contribution is -2.66.